The normalized spacial score (nSPS) is 15.9. The first-order valence-electron chi connectivity index (χ1n) is 19.4. The standard InChI is InChI=1S/2C22H22F2N4O/c2*1-3-6-19-15-13-26-22(18-7-4-5-9-25-18)27-17(15)8-10-28(19)14-11-16(23)21(24)20(12-14)29-2/h2*4-5,7,9,11-13,19H,3,6,8,10H2,1-2H3/t2*19-/m10/s1. The molecule has 14 heteroatoms. The van der Waals surface area contributed by atoms with Gasteiger partial charge in [0.25, 0.3) is 0 Å². The van der Waals surface area contributed by atoms with Crippen molar-refractivity contribution in [3.63, 3.8) is 0 Å². The van der Waals surface area contributed by atoms with Crippen molar-refractivity contribution >= 4 is 11.4 Å². The van der Waals surface area contributed by atoms with Crippen LogP contribution >= 0.6 is 0 Å². The zero-order valence-electron chi connectivity index (χ0n) is 32.8. The molecule has 2 aliphatic rings. The lowest BCUT2D eigenvalue weighted by Crippen LogP contribution is -2.36. The zero-order valence-corrected chi connectivity index (χ0v) is 32.8. The van der Waals surface area contributed by atoms with E-state index in [9.17, 15) is 17.6 Å². The van der Waals surface area contributed by atoms with Gasteiger partial charge in [-0.05, 0) is 37.1 Å². The fourth-order valence-corrected chi connectivity index (χ4v) is 7.66. The molecule has 10 nitrogen and oxygen atoms in total. The Balaban J connectivity index is 0.000000177. The summed E-state index contributed by atoms with van der Waals surface area (Å²) in [5, 5.41) is 0. The summed E-state index contributed by atoms with van der Waals surface area (Å²) in [5.74, 6) is -2.76. The quantitative estimate of drug-likeness (QED) is 0.125. The van der Waals surface area contributed by atoms with E-state index in [1.807, 2.05) is 48.8 Å². The molecule has 6 aromatic rings. The third-order valence-electron chi connectivity index (χ3n) is 10.4. The van der Waals surface area contributed by atoms with Crippen molar-refractivity contribution in [1.29, 1.82) is 0 Å². The van der Waals surface area contributed by atoms with Gasteiger partial charge in [-0.25, -0.2) is 28.7 Å². The minimum absolute atomic E-state index is 0.0175. The van der Waals surface area contributed by atoms with Crippen molar-refractivity contribution in [1.82, 2.24) is 29.9 Å². The van der Waals surface area contributed by atoms with E-state index in [1.165, 1.54) is 26.4 Å². The predicted octanol–water partition coefficient (Wildman–Crippen LogP) is 9.46. The molecule has 4 aromatic heterocycles. The molecule has 0 spiro atoms. The number of pyridine rings is 2. The predicted molar refractivity (Wildman–Crippen MR) is 214 cm³/mol. The van der Waals surface area contributed by atoms with Gasteiger partial charge in [0.15, 0.2) is 34.8 Å². The first-order chi connectivity index (χ1) is 28.2. The molecule has 0 fully saturated rings. The highest BCUT2D eigenvalue weighted by Crippen LogP contribution is 2.40. The number of ether oxygens (including phenoxy) is 2. The van der Waals surface area contributed by atoms with Crippen LogP contribution in [0.5, 0.6) is 11.5 Å². The number of rotatable bonds is 10. The Morgan fingerprint density at radius 1 is 0.603 bits per heavy atom. The van der Waals surface area contributed by atoms with Gasteiger partial charge in [0.1, 0.15) is 11.4 Å². The fraction of sp³-hybridized carbons (Fsp3) is 0.318. The summed E-state index contributed by atoms with van der Waals surface area (Å²) < 4.78 is 66.1. The molecule has 300 valence electrons. The van der Waals surface area contributed by atoms with Crippen LogP contribution in [0.4, 0.5) is 28.9 Å². The van der Waals surface area contributed by atoms with Gasteiger partial charge in [-0.2, -0.15) is 8.78 Å². The Labute approximate surface area is 335 Å². The van der Waals surface area contributed by atoms with Gasteiger partial charge >= 0.3 is 0 Å². The third kappa shape index (κ3) is 8.27. The van der Waals surface area contributed by atoms with Gasteiger partial charge in [0, 0.05) is 97.5 Å². The van der Waals surface area contributed by atoms with Crippen molar-refractivity contribution < 1.29 is 27.0 Å². The average molecular weight is 793 g/mol. The Morgan fingerprint density at radius 3 is 1.40 bits per heavy atom. The minimum atomic E-state index is -0.968. The van der Waals surface area contributed by atoms with Crippen LogP contribution in [0.25, 0.3) is 23.0 Å². The van der Waals surface area contributed by atoms with Gasteiger partial charge < -0.3 is 19.3 Å². The van der Waals surface area contributed by atoms with Crippen molar-refractivity contribution in [2.24, 2.45) is 0 Å². The van der Waals surface area contributed by atoms with Crippen LogP contribution in [-0.2, 0) is 12.8 Å². The maximum Gasteiger partial charge on any atom is 0.200 e. The number of aromatic nitrogens is 6. The molecular weight excluding hydrogens is 749 g/mol. The van der Waals surface area contributed by atoms with Crippen LogP contribution in [0.15, 0.2) is 85.5 Å². The van der Waals surface area contributed by atoms with Crippen molar-refractivity contribution in [3.05, 3.63) is 131 Å². The van der Waals surface area contributed by atoms with Crippen LogP contribution in [0.2, 0.25) is 0 Å². The lowest BCUT2D eigenvalue weighted by molar-refractivity contribution is 0.371. The smallest absolute Gasteiger partial charge is 0.200 e. The van der Waals surface area contributed by atoms with E-state index in [4.69, 9.17) is 19.4 Å². The van der Waals surface area contributed by atoms with E-state index < -0.39 is 23.3 Å². The van der Waals surface area contributed by atoms with E-state index in [-0.39, 0.29) is 23.6 Å². The van der Waals surface area contributed by atoms with Gasteiger partial charge in [0.05, 0.1) is 37.7 Å². The summed E-state index contributed by atoms with van der Waals surface area (Å²) in [6.45, 7) is 5.48. The number of benzene rings is 2. The Bertz CT molecular complexity index is 2190. The Kier molecular flexibility index (Phi) is 12.4. The number of halogens is 4. The highest BCUT2D eigenvalue weighted by atomic mass is 19.2. The second-order valence-corrected chi connectivity index (χ2v) is 14.0. The summed E-state index contributed by atoms with van der Waals surface area (Å²) in [6, 6.07) is 16.8. The summed E-state index contributed by atoms with van der Waals surface area (Å²) in [5.41, 5.74) is 6.64. The molecule has 0 saturated heterocycles. The average Bonchev–Trinajstić information content (AvgIpc) is 3.26. The topological polar surface area (TPSA) is 102 Å². The second kappa shape index (κ2) is 18.0. The molecule has 2 aromatic carbocycles. The first-order valence-corrected chi connectivity index (χ1v) is 19.4. The molecule has 2 atom stereocenters. The molecule has 0 bridgehead atoms. The summed E-state index contributed by atoms with van der Waals surface area (Å²) in [7, 11) is 2.67. The van der Waals surface area contributed by atoms with E-state index in [2.05, 4.69) is 43.6 Å². The van der Waals surface area contributed by atoms with E-state index in [1.54, 1.807) is 24.5 Å². The first kappa shape index (κ1) is 40.0. The fourth-order valence-electron chi connectivity index (χ4n) is 7.66. The van der Waals surface area contributed by atoms with Crippen LogP contribution in [-0.4, -0.2) is 57.2 Å². The molecule has 58 heavy (non-hydrogen) atoms. The summed E-state index contributed by atoms with van der Waals surface area (Å²) in [6.07, 6.45) is 12.0. The van der Waals surface area contributed by atoms with Crippen LogP contribution in [0.3, 0.4) is 0 Å². The highest BCUT2D eigenvalue weighted by molar-refractivity contribution is 5.58. The zero-order chi connectivity index (χ0) is 40.8. The van der Waals surface area contributed by atoms with Crippen LogP contribution < -0.4 is 19.3 Å². The monoisotopic (exact) mass is 792 g/mol. The highest BCUT2D eigenvalue weighted by Gasteiger charge is 2.32. The van der Waals surface area contributed by atoms with Crippen molar-refractivity contribution in [2.45, 2.75) is 64.5 Å². The number of methoxy groups -OCH3 is 2. The lowest BCUT2D eigenvalue weighted by Gasteiger charge is -2.38. The summed E-state index contributed by atoms with van der Waals surface area (Å²) in [4.78, 5) is 31.4. The van der Waals surface area contributed by atoms with Gasteiger partial charge in [-0.3, -0.25) is 9.97 Å². The molecule has 8 rings (SSSR count). The van der Waals surface area contributed by atoms with Crippen molar-refractivity contribution in [2.75, 3.05) is 37.1 Å². The molecule has 0 unspecified atom stereocenters. The van der Waals surface area contributed by atoms with Gasteiger partial charge in [0.2, 0.25) is 11.6 Å². The van der Waals surface area contributed by atoms with Gasteiger partial charge in [-0.15, -0.1) is 0 Å². The van der Waals surface area contributed by atoms with Crippen molar-refractivity contribution in [3.8, 4) is 34.5 Å². The number of hydrogen-bond acceptors (Lipinski definition) is 10. The molecule has 6 heterocycles. The number of nitrogens with zero attached hydrogens (tertiary/aromatic N) is 8. The Hall–Kier alpha value is -6.18. The van der Waals surface area contributed by atoms with E-state index >= 15 is 0 Å². The minimum Gasteiger partial charge on any atom is -0.493 e. The van der Waals surface area contributed by atoms with Crippen LogP contribution in [0.1, 0.15) is 74.1 Å². The third-order valence-corrected chi connectivity index (χ3v) is 10.4. The SMILES string of the molecule is CCC[C@@H]1c2cnc(-c3ccccn3)nc2CCN1c1cc(F)c(F)c(OC)c1.CCC[C@H]1c2cnc(-c3ccccn3)nc2CCN1c1cc(F)c(F)c(OC)c1. The molecule has 0 N–H and O–H groups in total. The number of fused-ring (bicyclic) bond motifs is 2. The second-order valence-electron chi connectivity index (χ2n) is 14.0. The van der Waals surface area contributed by atoms with Crippen LogP contribution in [0, 0.1) is 23.3 Å². The molecular formula is C44H44F4N8O2. The maximum atomic E-state index is 14.1. The molecule has 2 aliphatic heterocycles. The number of hydrogen-bond donors (Lipinski definition) is 0. The largest absolute Gasteiger partial charge is 0.493 e. The van der Waals surface area contributed by atoms with E-state index in [0.29, 0.717) is 49.0 Å². The Morgan fingerprint density at radius 2 is 1.03 bits per heavy atom. The number of anilines is 2. The van der Waals surface area contributed by atoms with Gasteiger partial charge in [-0.1, -0.05) is 38.8 Å². The lowest BCUT2D eigenvalue weighted by atomic mass is 9.94. The molecule has 0 aliphatic carbocycles. The summed E-state index contributed by atoms with van der Waals surface area (Å²) >= 11 is 0. The maximum absolute atomic E-state index is 14.1. The molecule has 0 radical (unpaired) electrons. The van der Waals surface area contributed by atoms with E-state index in [0.717, 1.165) is 59.6 Å². The molecule has 0 amide bonds. The molecule has 0 saturated carbocycles.